The highest BCUT2D eigenvalue weighted by Gasteiger charge is 2.14. The first-order chi connectivity index (χ1) is 10.2. The number of aryl methyl sites for hydroxylation is 2. The van der Waals surface area contributed by atoms with Gasteiger partial charge in [0.25, 0.3) is 0 Å². The van der Waals surface area contributed by atoms with Gasteiger partial charge < -0.3 is 10.4 Å². The first-order valence-electron chi connectivity index (χ1n) is 7.02. The standard InChI is InChI=1S/C16H19N3OS/c1-11-9-19-15(12(2)18-16(19)21-11)8-17-14(10-20)13-6-4-3-5-7-13/h3-7,9,14,17,20H,8,10H2,1-2H3/t14-/m1/s1. The second kappa shape index (κ2) is 5.97. The molecule has 1 aromatic carbocycles. The smallest absolute Gasteiger partial charge is 0.194 e. The molecule has 0 fully saturated rings. The average molecular weight is 301 g/mol. The van der Waals surface area contributed by atoms with Crippen molar-refractivity contribution >= 4 is 16.3 Å². The number of aromatic nitrogens is 2. The number of nitrogens with zero attached hydrogens (tertiary/aromatic N) is 2. The molecule has 0 aliphatic carbocycles. The Bertz CT molecular complexity index is 733. The van der Waals surface area contributed by atoms with E-state index in [1.165, 1.54) is 4.88 Å². The van der Waals surface area contributed by atoms with Gasteiger partial charge in [-0.1, -0.05) is 30.3 Å². The van der Waals surface area contributed by atoms with E-state index < -0.39 is 0 Å². The lowest BCUT2D eigenvalue weighted by molar-refractivity contribution is 0.243. The summed E-state index contributed by atoms with van der Waals surface area (Å²) in [5, 5.41) is 13.0. The molecule has 0 saturated carbocycles. The summed E-state index contributed by atoms with van der Waals surface area (Å²) in [4.78, 5) is 6.87. The first kappa shape index (κ1) is 14.3. The predicted octanol–water partition coefficient (Wildman–Crippen LogP) is 2.84. The normalized spacial score (nSPS) is 12.9. The van der Waals surface area contributed by atoms with E-state index in [9.17, 15) is 5.11 Å². The van der Waals surface area contributed by atoms with Crippen LogP contribution in [0.15, 0.2) is 36.5 Å². The molecular weight excluding hydrogens is 282 g/mol. The molecular formula is C16H19N3OS. The monoisotopic (exact) mass is 301 g/mol. The number of fused-ring (bicyclic) bond motifs is 1. The minimum absolute atomic E-state index is 0.0594. The van der Waals surface area contributed by atoms with Gasteiger partial charge in [0, 0.05) is 17.6 Å². The van der Waals surface area contributed by atoms with Gasteiger partial charge >= 0.3 is 0 Å². The number of hydrogen-bond donors (Lipinski definition) is 2. The summed E-state index contributed by atoms with van der Waals surface area (Å²) in [7, 11) is 0. The third-order valence-corrected chi connectivity index (χ3v) is 4.54. The molecule has 0 bridgehead atoms. The zero-order valence-electron chi connectivity index (χ0n) is 12.2. The Labute approximate surface area is 128 Å². The molecule has 0 amide bonds. The number of rotatable bonds is 5. The fraction of sp³-hybridized carbons (Fsp3) is 0.312. The summed E-state index contributed by atoms with van der Waals surface area (Å²) in [6, 6.07) is 9.96. The Hall–Kier alpha value is -1.69. The van der Waals surface area contributed by atoms with Crippen LogP contribution in [-0.2, 0) is 6.54 Å². The third kappa shape index (κ3) is 2.85. The lowest BCUT2D eigenvalue weighted by atomic mass is 10.1. The largest absolute Gasteiger partial charge is 0.394 e. The highest BCUT2D eigenvalue weighted by atomic mass is 32.1. The molecule has 1 atom stereocenters. The Balaban J connectivity index is 1.80. The summed E-state index contributed by atoms with van der Waals surface area (Å²) in [6.45, 7) is 4.88. The van der Waals surface area contributed by atoms with Gasteiger partial charge in [0.2, 0.25) is 0 Å². The molecule has 0 saturated heterocycles. The molecule has 3 rings (SSSR count). The lowest BCUT2D eigenvalue weighted by Crippen LogP contribution is -2.24. The van der Waals surface area contributed by atoms with Crippen molar-refractivity contribution in [2.24, 2.45) is 0 Å². The molecule has 0 spiro atoms. The van der Waals surface area contributed by atoms with Crippen LogP contribution in [0.3, 0.4) is 0 Å². The van der Waals surface area contributed by atoms with Gasteiger partial charge in [-0.05, 0) is 19.4 Å². The van der Waals surface area contributed by atoms with Crippen LogP contribution < -0.4 is 5.32 Å². The first-order valence-corrected chi connectivity index (χ1v) is 7.84. The summed E-state index contributed by atoms with van der Waals surface area (Å²) in [5.41, 5.74) is 3.29. The number of aliphatic hydroxyl groups is 1. The van der Waals surface area contributed by atoms with E-state index in [1.54, 1.807) is 11.3 Å². The molecule has 5 heteroatoms. The number of imidazole rings is 1. The maximum atomic E-state index is 9.61. The Morgan fingerprint density at radius 1 is 1.29 bits per heavy atom. The molecule has 4 nitrogen and oxygen atoms in total. The summed E-state index contributed by atoms with van der Waals surface area (Å²) in [5.74, 6) is 0. The molecule has 0 radical (unpaired) electrons. The van der Waals surface area contributed by atoms with E-state index >= 15 is 0 Å². The van der Waals surface area contributed by atoms with Gasteiger partial charge in [-0.2, -0.15) is 0 Å². The third-order valence-electron chi connectivity index (χ3n) is 3.64. The molecule has 2 N–H and O–H groups in total. The van der Waals surface area contributed by atoms with Crippen LogP contribution in [0.1, 0.15) is 27.9 Å². The fourth-order valence-corrected chi connectivity index (χ4v) is 3.40. The Morgan fingerprint density at radius 2 is 2.05 bits per heavy atom. The molecule has 2 heterocycles. The van der Waals surface area contributed by atoms with Crippen molar-refractivity contribution in [1.29, 1.82) is 0 Å². The topological polar surface area (TPSA) is 49.6 Å². The predicted molar refractivity (Wildman–Crippen MR) is 85.7 cm³/mol. The van der Waals surface area contributed by atoms with E-state index in [0.29, 0.717) is 6.54 Å². The van der Waals surface area contributed by atoms with Crippen molar-refractivity contribution < 1.29 is 5.11 Å². The molecule has 0 aliphatic heterocycles. The fourth-order valence-electron chi connectivity index (χ4n) is 2.52. The van der Waals surface area contributed by atoms with Gasteiger partial charge in [-0.15, -0.1) is 11.3 Å². The second-order valence-electron chi connectivity index (χ2n) is 5.17. The molecule has 3 aromatic rings. The number of benzene rings is 1. The number of aliphatic hydroxyl groups excluding tert-OH is 1. The second-order valence-corrected chi connectivity index (χ2v) is 6.38. The number of thiazole rings is 1. The van der Waals surface area contributed by atoms with Crippen molar-refractivity contribution in [3.05, 3.63) is 58.4 Å². The van der Waals surface area contributed by atoms with Crippen LogP contribution in [0.25, 0.3) is 4.96 Å². The van der Waals surface area contributed by atoms with E-state index in [0.717, 1.165) is 21.9 Å². The van der Waals surface area contributed by atoms with Crippen LogP contribution in [0.2, 0.25) is 0 Å². The van der Waals surface area contributed by atoms with E-state index in [4.69, 9.17) is 0 Å². The SMILES string of the molecule is Cc1cn2c(CN[C@H](CO)c3ccccc3)c(C)nc2s1. The molecule has 2 aromatic heterocycles. The molecule has 0 aliphatic rings. The zero-order chi connectivity index (χ0) is 14.8. The molecule has 110 valence electrons. The summed E-state index contributed by atoms with van der Waals surface area (Å²) in [6.07, 6.45) is 2.12. The van der Waals surface area contributed by atoms with Gasteiger partial charge in [-0.3, -0.25) is 4.40 Å². The Morgan fingerprint density at radius 3 is 2.76 bits per heavy atom. The van der Waals surface area contributed by atoms with Crippen LogP contribution in [-0.4, -0.2) is 21.1 Å². The van der Waals surface area contributed by atoms with Crippen molar-refractivity contribution in [1.82, 2.24) is 14.7 Å². The number of hydrogen-bond acceptors (Lipinski definition) is 4. The average Bonchev–Trinajstić information content (AvgIpc) is 2.97. The quantitative estimate of drug-likeness (QED) is 0.762. The zero-order valence-corrected chi connectivity index (χ0v) is 13.0. The lowest BCUT2D eigenvalue weighted by Gasteiger charge is -2.16. The van der Waals surface area contributed by atoms with E-state index in [2.05, 4.69) is 27.8 Å². The highest BCUT2D eigenvalue weighted by molar-refractivity contribution is 7.17. The van der Waals surface area contributed by atoms with Gasteiger partial charge in [0.15, 0.2) is 4.96 Å². The van der Waals surface area contributed by atoms with Gasteiger partial charge in [0.1, 0.15) is 0 Å². The molecule has 21 heavy (non-hydrogen) atoms. The summed E-state index contributed by atoms with van der Waals surface area (Å²) >= 11 is 1.70. The number of nitrogens with one attached hydrogen (secondary N) is 1. The van der Waals surface area contributed by atoms with Crippen molar-refractivity contribution in [3.8, 4) is 0 Å². The van der Waals surface area contributed by atoms with Crippen molar-refractivity contribution in [2.45, 2.75) is 26.4 Å². The maximum Gasteiger partial charge on any atom is 0.194 e. The van der Waals surface area contributed by atoms with Crippen molar-refractivity contribution in [3.63, 3.8) is 0 Å². The minimum Gasteiger partial charge on any atom is -0.394 e. The van der Waals surface area contributed by atoms with E-state index in [-0.39, 0.29) is 12.6 Å². The van der Waals surface area contributed by atoms with Gasteiger partial charge in [0.05, 0.1) is 24.0 Å². The summed E-state index contributed by atoms with van der Waals surface area (Å²) < 4.78 is 2.14. The van der Waals surface area contributed by atoms with Crippen molar-refractivity contribution in [2.75, 3.05) is 6.61 Å². The minimum atomic E-state index is -0.0594. The highest BCUT2D eigenvalue weighted by Crippen LogP contribution is 2.21. The van der Waals surface area contributed by atoms with Gasteiger partial charge in [-0.25, -0.2) is 4.98 Å². The van der Waals surface area contributed by atoms with E-state index in [1.807, 2.05) is 37.3 Å². The van der Waals surface area contributed by atoms with Crippen LogP contribution in [0.5, 0.6) is 0 Å². The van der Waals surface area contributed by atoms with Crippen LogP contribution >= 0.6 is 11.3 Å². The van der Waals surface area contributed by atoms with Crippen LogP contribution in [0.4, 0.5) is 0 Å². The Kier molecular flexibility index (Phi) is 4.05. The maximum absolute atomic E-state index is 9.61. The molecule has 0 unspecified atom stereocenters. The van der Waals surface area contributed by atoms with Crippen LogP contribution in [0, 0.1) is 13.8 Å².